The van der Waals surface area contributed by atoms with Gasteiger partial charge in [-0.1, -0.05) is 29.3 Å². The number of benzene rings is 1. The Hall–Kier alpha value is -1.66. The van der Waals surface area contributed by atoms with Gasteiger partial charge in [0.2, 0.25) is 5.91 Å². The van der Waals surface area contributed by atoms with Crippen molar-refractivity contribution in [2.75, 3.05) is 13.1 Å². The molecule has 2 unspecified atom stereocenters. The number of hydrogen-bond acceptors (Lipinski definition) is 4. The molecule has 5 nitrogen and oxygen atoms in total. The molecule has 1 aliphatic heterocycles. The summed E-state index contributed by atoms with van der Waals surface area (Å²) in [6.07, 6.45) is 4.24. The van der Waals surface area contributed by atoms with Gasteiger partial charge in [0, 0.05) is 32.0 Å². The molecule has 2 heterocycles. The zero-order valence-electron chi connectivity index (χ0n) is 14.2. The number of carbonyl (C=O) groups is 1. The van der Waals surface area contributed by atoms with Crippen LogP contribution in [-0.2, 0) is 11.3 Å². The molecule has 0 spiro atoms. The molecule has 7 heteroatoms. The van der Waals surface area contributed by atoms with Crippen molar-refractivity contribution in [1.82, 2.24) is 15.2 Å². The van der Waals surface area contributed by atoms with Gasteiger partial charge in [-0.2, -0.15) is 0 Å². The molecule has 2 N–H and O–H groups in total. The minimum absolute atomic E-state index is 0.0909. The summed E-state index contributed by atoms with van der Waals surface area (Å²) in [4.78, 5) is 18.7. The average molecular weight is 394 g/mol. The van der Waals surface area contributed by atoms with Crippen molar-refractivity contribution in [2.45, 2.75) is 31.5 Å². The standard InChI is InChI=1S/C19H21Cl2N3O2/c20-15-4-3-13(11-16(15)21)12-23-17(19(26)24-9-1-2-10-24)18(25)14-5-7-22-8-6-14/h3-8,11,17-18,23,25H,1-2,9-10,12H2. The third-order valence-corrected chi connectivity index (χ3v) is 5.30. The Morgan fingerprint density at radius 1 is 1.15 bits per heavy atom. The van der Waals surface area contributed by atoms with E-state index in [2.05, 4.69) is 10.3 Å². The monoisotopic (exact) mass is 393 g/mol. The van der Waals surface area contributed by atoms with E-state index in [1.165, 1.54) is 0 Å². The Morgan fingerprint density at radius 2 is 1.85 bits per heavy atom. The normalized spacial score (nSPS) is 16.5. The summed E-state index contributed by atoms with van der Waals surface area (Å²) in [5.74, 6) is -0.0909. The van der Waals surface area contributed by atoms with Crippen molar-refractivity contribution in [2.24, 2.45) is 0 Å². The van der Waals surface area contributed by atoms with Gasteiger partial charge in [0.05, 0.1) is 10.0 Å². The lowest BCUT2D eigenvalue weighted by Crippen LogP contribution is -2.48. The first-order chi connectivity index (χ1) is 12.6. The number of amides is 1. The van der Waals surface area contributed by atoms with Gasteiger partial charge in [0.25, 0.3) is 0 Å². The highest BCUT2D eigenvalue weighted by Crippen LogP contribution is 2.24. The second-order valence-electron chi connectivity index (χ2n) is 6.36. The van der Waals surface area contributed by atoms with Gasteiger partial charge in [-0.25, -0.2) is 0 Å². The van der Waals surface area contributed by atoms with E-state index in [0.29, 0.717) is 22.2 Å². The molecule has 0 saturated carbocycles. The van der Waals surface area contributed by atoms with Crippen LogP contribution in [0.3, 0.4) is 0 Å². The highest BCUT2D eigenvalue weighted by molar-refractivity contribution is 6.42. The van der Waals surface area contributed by atoms with Crippen LogP contribution in [0.15, 0.2) is 42.7 Å². The number of nitrogens with one attached hydrogen (secondary N) is 1. The van der Waals surface area contributed by atoms with Crippen molar-refractivity contribution in [1.29, 1.82) is 0 Å². The van der Waals surface area contributed by atoms with Crippen molar-refractivity contribution in [3.63, 3.8) is 0 Å². The summed E-state index contributed by atoms with van der Waals surface area (Å²) in [7, 11) is 0. The van der Waals surface area contributed by atoms with E-state index in [4.69, 9.17) is 23.2 Å². The van der Waals surface area contributed by atoms with Crippen molar-refractivity contribution in [3.05, 3.63) is 63.9 Å². The second-order valence-corrected chi connectivity index (χ2v) is 7.18. The van der Waals surface area contributed by atoms with Gasteiger partial charge in [0.15, 0.2) is 0 Å². The fourth-order valence-electron chi connectivity index (χ4n) is 3.10. The molecule has 2 aromatic rings. The molecule has 1 aliphatic rings. The molecule has 1 aromatic carbocycles. The van der Waals surface area contributed by atoms with E-state index in [0.717, 1.165) is 31.5 Å². The van der Waals surface area contributed by atoms with Crippen LogP contribution in [0.4, 0.5) is 0 Å². The van der Waals surface area contributed by atoms with Crippen molar-refractivity contribution >= 4 is 29.1 Å². The van der Waals surface area contributed by atoms with Gasteiger partial charge < -0.3 is 10.0 Å². The van der Waals surface area contributed by atoms with E-state index in [-0.39, 0.29) is 5.91 Å². The molecule has 2 atom stereocenters. The Kier molecular flexibility index (Phi) is 6.48. The molecule has 26 heavy (non-hydrogen) atoms. The second kappa shape index (κ2) is 8.82. The lowest BCUT2D eigenvalue weighted by Gasteiger charge is -2.28. The highest BCUT2D eigenvalue weighted by atomic mass is 35.5. The Morgan fingerprint density at radius 3 is 2.50 bits per heavy atom. The molecule has 1 amide bonds. The molecule has 138 valence electrons. The molecule has 3 rings (SSSR count). The fourth-order valence-corrected chi connectivity index (χ4v) is 3.42. The van der Waals surface area contributed by atoms with Crippen LogP contribution in [0, 0.1) is 0 Å². The predicted molar refractivity (Wildman–Crippen MR) is 102 cm³/mol. The summed E-state index contributed by atoms with van der Waals surface area (Å²) in [6, 6.07) is 8.01. The first-order valence-electron chi connectivity index (χ1n) is 8.60. The van der Waals surface area contributed by atoms with E-state index in [1.54, 1.807) is 41.6 Å². The van der Waals surface area contributed by atoms with E-state index in [1.807, 2.05) is 6.07 Å². The van der Waals surface area contributed by atoms with Crippen LogP contribution in [0.25, 0.3) is 0 Å². The minimum atomic E-state index is -0.964. The van der Waals surface area contributed by atoms with Gasteiger partial charge in [0.1, 0.15) is 12.1 Å². The number of aliphatic hydroxyl groups excluding tert-OH is 1. The molecule has 1 aromatic heterocycles. The van der Waals surface area contributed by atoms with Crippen LogP contribution >= 0.6 is 23.2 Å². The number of aliphatic hydroxyl groups is 1. The van der Waals surface area contributed by atoms with Crippen LogP contribution in [0.2, 0.25) is 10.0 Å². The Labute approximate surface area is 162 Å². The first-order valence-corrected chi connectivity index (χ1v) is 9.36. The van der Waals surface area contributed by atoms with Crippen LogP contribution in [0.5, 0.6) is 0 Å². The lowest BCUT2D eigenvalue weighted by atomic mass is 10.0. The number of carbonyl (C=O) groups excluding carboxylic acids is 1. The van der Waals surface area contributed by atoms with Gasteiger partial charge >= 0.3 is 0 Å². The van der Waals surface area contributed by atoms with Crippen molar-refractivity contribution < 1.29 is 9.90 Å². The summed E-state index contributed by atoms with van der Waals surface area (Å²) in [6.45, 7) is 1.85. The molecule has 0 bridgehead atoms. The molecule has 1 fully saturated rings. The maximum Gasteiger partial charge on any atom is 0.242 e. The number of pyridine rings is 1. The number of aromatic nitrogens is 1. The van der Waals surface area contributed by atoms with E-state index in [9.17, 15) is 9.90 Å². The number of nitrogens with zero attached hydrogens (tertiary/aromatic N) is 2. The highest BCUT2D eigenvalue weighted by Gasteiger charge is 2.32. The average Bonchev–Trinajstić information content (AvgIpc) is 3.20. The lowest BCUT2D eigenvalue weighted by molar-refractivity contribution is -0.135. The van der Waals surface area contributed by atoms with Crippen molar-refractivity contribution in [3.8, 4) is 0 Å². The maximum absolute atomic E-state index is 12.9. The summed E-state index contributed by atoms with van der Waals surface area (Å²) < 4.78 is 0. The number of likely N-dealkylation sites (tertiary alicyclic amines) is 1. The third-order valence-electron chi connectivity index (χ3n) is 4.56. The Balaban J connectivity index is 1.77. The molecular weight excluding hydrogens is 373 g/mol. The predicted octanol–water partition coefficient (Wildman–Crippen LogP) is 3.20. The Bertz CT molecular complexity index is 752. The maximum atomic E-state index is 12.9. The summed E-state index contributed by atoms with van der Waals surface area (Å²) in [5, 5.41) is 14.9. The number of halogens is 2. The molecule has 1 saturated heterocycles. The van der Waals surface area contributed by atoms with Crippen LogP contribution < -0.4 is 5.32 Å². The number of rotatable bonds is 6. The van der Waals surface area contributed by atoms with E-state index >= 15 is 0 Å². The first kappa shape index (κ1) is 19.1. The van der Waals surface area contributed by atoms with E-state index < -0.39 is 12.1 Å². The van der Waals surface area contributed by atoms with Gasteiger partial charge in [-0.05, 0) is 48.2 Å². The SMILES string of the molecule is O=C(C(NCc1ccc(Cl)c(Cl)c1)C(O)c1ccncc1)N1CCCC1. The zero-order valence-corrected chi connectivity index (χ0v) is 15.7. The largest absolute Gasteiger partial charge is 0.386 e. The zero-order chi connectivity index (χ0) is 18.5. The summed E-state index contributed by atoms with van der Waals surface area (Å²) in [5.41, 5.74) is 1.54. The fraction of sp³-hybridized carbons (Fsp3) is 0.368. The summed E-state index contributed by atoms with van der Waals surface area (Å²) >= 11 is 12.0. The smallest absolute Gasteiger partial charge is 0.242 e. The van der Waals surface area contributed by atoms with Gasteiger partial charge in [-0.3, -0.25) is 15.1 Å². The minimum Gasteiger partial charge on any atom is -0.386 e. The van der Waals surface area contributed by atoms with Crippen LogP contribution in [0.1, 0.15) is 30.1 Å². The number of hydrogen-bond donors (Lipinski definition) is 2. The topological polar surface area (TPSA) is 65.5 Å². The van der Waals surface area contributed by atoms with Gasteiger partial charge in [-0.15, -0.1) is 0 Å². The molecule has 0 aliphatic carbocycles. The molecular formula is C19H21Cl2N3O2. The molecule has 0 radical (unpaired) electrons. The quantitative estimate of drug-likeness (QED) is 0.790. The third kappa shape index (κ3) is 4.54. The van der Waals surface area contributed by atoms with Crippen LogP contribution in [-0.4, -0.2) is 40.0 Å².